The van der Waals surface area contributed by atoms with E-state index in [1.165, 1.54) is 11.1 Å². The third kappa shape index (κ3) is 4.02. The third-order valence-electron chi connectivity index (χ3n) is 2.79. The monoisotopic (exact) mass is 270 g/mol. The van der Waals surface area contributed by atoms with Gasteiger partial charge in [0.25, 0.3) is 0 Å². The highest BCUT2D eigenvalue weighted by atomic mass is 16.5. The molecule has 0 amide bonds. The van der Waals surface area contributed by atoms with Crippen LogP contribution in [0.15, 0.2) is 48.5 Å². The molecule has 106 valence electrons. The summed E-state index contributed by atoms with van der Waals surface area (Å²) in [6.07, 6.45) is 0.404. The molecule has 0 atom stereocenters. The maximum Gasteiger partial charge on any atom is 0.119 e. The van der Waals surface area contributed by atoms with E-state index in [-0.39, 0.29) is 12.2 Å². The van der Waals surface area contributed by atoms with Crippen molar-refractivity contribution < 1.29 is 9.47 Å². The quantitative estimate of drug-likeness (QED) is 0.767. The molecule has 0 heterocycles. The predicted octanol–water partition coefficient (Wildman–Crippen LogP) is 4.93. The summed E-state index contributed by atoms with van der Waals surface area (Å²) in [5, 5.41) is 0. The first-order valence-corrected chi connectivity index (χ1v) is 7.08. The molecule has 0 aliphatic rings. The fraction of sp³-hybridized carbons (Fsp3) is 0.333. The van der Waals surface area contributed by atoms with Crippen molar-refractivity contribution in [2.75, 3.05) is 0 Å². The second kappa shape index (κ2) is 6.47. The van der Waals surface area contributed by atoms with Gasteiger partial charge in [0.05, 0.1) is 12.2 Å². The van der Waals surface area contributed by atoms with Crippen molar-refractivity contribution in [3.05, 3.63) is 48.5 Å². The van der Waals surface area contributed by atoms with E-state index in [1.54, 1.807) is 0 Å². The standard InChI is InChI=1S/C18H22O2/c1-13(2)19-17-9-5-15(6-10-17)16-7-11-18(12-8-16)20-14(3)4/h5-14H,1-4H3. The van der Waals surface area contributed by atoms with Crippen molar-refractivity contribution >= 4 is 0 Å². The molecule has 2 aromatic rings. The summed E-state index contributed by atoms with van der Waals surface area (Å²) in [7, 11) is 0. The van der Waals surface area contributed by atoms with Crippen LogP contribution < -0.4 is 9.47 Å². The zero-order valence-corrected chi connectivity index (χ0v) is 12.6. The Balaban J connectivity index is 2.11. The lowest BCUT2D eigenvalue weighted by Crippen LogP contribution is -2.05. The van der Waals surface area contributed by atoms with E-state index in [1.807, 2.05) is 52.0 Å². The Hall–Kier alpha value is -1.96. The first-order chi connectivity index (χ1) is 9.54. The lowest BCUT2D eigenvalue weighted by atomic mass is 10.1. The molecule has 2 rings (SSSR count). The van der Waals surface area contributed by atoms with Gasteiger partial charge in [-0.05, 0) is 63.1 Å². The summed E-state index contributed by atoms with van der Waals surface area (Å²) in [6, 6.07) is 16.3. The van der Waals surface area contributed by atoms with E-state index < -0.39 is 0 Å². The predicted molar refractivity (Wildman–Crippen MR) is 83.4 cm³/mol. The molecule has 20 heavy (non-hydrogen) atoms. The van der Waals surface area contributed by atoms with Crippen molar-refractivity contribution in [1.29, 1.82) is 0 Å². The molecular formula is C18H22O2. The number of hydrogen-bond acceptors (Lipinski definition) is 2. The zero-order valence-electron chi connectivity index (χ0n) is 12.6. The van der Waals surface area contributed by atoms with Gasteiger partial charge in [-0.25, -0.2) is 0 Å². The second-order valence-electron chi connectivity index (χ2n) is 5.38. The highest BCUT2D eigenvalue weighted by Gasteiger charge is 2.02. The topological polar surface area (TPSA) is 18.5 Å². The fourth-order valence-electron chi connectivity index (χ4n) is 2.00. The van der Waals surface area contributed by atoms with Crippen molar-refractivity contribution in [3.63, 3.8) is 0 Å². The number of ether oxygens (including phenoxy) is 2. The Bertz CT molecular complexity index is 473. The second-order valence-corrected chi connectivity index (χ2v) is 5.38. The lowest BCUT2D eigenvalue weighted by Gasteiger charge is -2.11. The normalized spacial score (nSPS) is 10.9. The molecule has 0 saturated heterocycles. The van der Waals surface area contributed by atoms with E-state index in [4.69, 9.17) is 9.47 Å². The van der Waals surface area contributed by atoms with Gasteiger partial charge in [0.1, 0.15) is 11.5 Å². The van der Waals surface area contributed by atoms with Crippen LogP contribution in [0.3, 0.4) is 0 Å². The molecule has 0 unspecified atom stereocenters. The maximum absolute atomic E-state index is 5.65. The van der Waals surface area contributed by atoms with Gasteiger partial charge in [-0.3, -0.25) is 0 Å². The molecule has 2 nitrogen and oxygen atoms in total. The minimum atomic E-state index is 0.202. The van der Waals surface area contributed by atoms with Gasteiger partial charge in [-0.15, -0.1) is 0 Å². The SMILES string of the molecule is CC(C)Oc1ccc(-c2ccc(OC(C)C)cc2)cc1. The summed E-state index contributed by atoms with van der Waals surface area (Å²) in [4.78, 5) is 0. The molecule has 0 aliphatic carbocycles. The van der Waals surface area contributed by atoms with Gasteiger partial charge in [0, 0.05) is 0 Å². The van der Waals surface area contributed by atoms with Crippen molar-refractivity contribution in [2.45, 2.75) is 39.9 Å². The van der Waals surface area contributed by atoms with Gasteiger partial charge in [0.15, 0.2) is 0 Å². The van der Waals surface area contributed by atoms with Crippen LogP contribution in [-0.2, 0) is 0 Å². The Labute approximate surface area is 121 Å². The van der Waals surface area contributed by atoms with Gasteiger partial charge in [-0.2, -0.15) is 0 Å². The molecule has 0 radical (unpaired) electrons. The number of benzene rings is 2. The zero-order chi connectivity index (χ0) is 14.5. The van der Waals surface area contributed by atoms with Crippen molar-refractivity contribution in [2.24, 2.45) is 0 Å². The number of rotatable bonds is 5. The Morgan fingerprint density at radius 1 is 0.550 bits per heavy atom. The summed E-state index contributed by atoms with van der Waals surface area (Å²) < 4.78 is 11.3. The fourth-order valence-corrected chi connectivity index (χ4v) is 2.00. The van der Waals surface area contributed by atoms with Gasteiger partial charge < -0.3 is 9.47 Å². The van der Waals surface area contributed by atoms with Crippen molar-refractivity contribution in [1.82, 2.24) is 0 Å². The highest BCUT2D eigenvalue weighted by Crippen LogP contribution is 2.25. The molecule has 0 spiro atoms. The minimum absolute atomic E-state index is 0.202. The van der Waals surface area contributed by atoms with Crippen LogP contribution in [0.25, 0.3) is 11.1 Å². The minimum Gasteiger partial charge on any atom is -0.491 e. The maximum atomic E-state index is 5.65. The molecule has 2 heteroatoms. The Morgan fingerprint density at radius 2 is 0.850 bits per heavy atom. The van der Waals surface area contributed by atoms with Crippen LogP contribution in [0, 0.1) is 0 Å². The summed E-state index contributed by atoms with van der Waals surface area (Å²) >= 11 is 0. The highest BCUT2D eigenvalue weighted by molar-refractivity contribution is 5.64. The van der Waals surface area contributed by atoms with E-state index in [2.05, 4.69) is 24.3 Å². The summed E-state index contributed by atoms with van der Waals surface area (Å²) in [5.74, 6) is 1.81. The van der Waals surface area contributed by atoms with E-state index in [0.29, 0.717) is 0 Å². The molecule has 0 saturated carbocycles. The summed E-state index contributed by atoms with van der Waals surface area (Å²) in [6.45, 7) is 8.12. The van der Waals surface area contributed by atoms with E-state index in [9.17, 15) is 0 Å². The molecular weight excluding hydrogens is 248 g/mol. The molecule has 0 aliphatic heterocycles. The van der Waals surface area contributed by atoms with Crippen molar-refractivity contribution in [3.8, 4) is 22.6 Å². The largest absolute Gasteiger partial charge is 0.491 e. The van der Waals surface area contributed by atoms with Crippen LogP contribution >= 0.6 is 0 Å². The van der Waals surface area contributed by atoms with Crippen LogP contribution in [-0.4, -0.2) is 12.2 Å². The van der Waals surface area contributed by atoms with Gasteiger partial charge >= 0.3 is 0 Å². The number of hydrogen-bond donors (Lipinski definition) is 0. The van der Waals surface area contributed by atoms with Crippen LogP contribution in [0.2, 0.25) is 0 Å². The van der Waals surface area contributed by atoms with Gasteiger partial charge in [0.2, 0.25) is 0 Å². The van der Waals surface area contributed by atoms with Crippen LogP contribution in [0.5, 0.6) is 11.5 Å². The average molecular weight is 270 g/mol. The Morgan fingerprint density at radius 3 is 1.10 bits per heavy atom. The average Bonchev–Trinajstić information content (AvgIpc) is 2.39. The van der Waals surface area contributed by atoms with Crippen LogP contribution in [0.1, 0.15) is 27.7 Å². The molecule has 0 fully saturated rings. The lowest BCUT2D eigenvalue weighted by molar-refractivity contribution is 0.242. The third-order valence-corrected chi connectivity index (χ3v) is 2.79. The van der Waals surface area contributed by atoms with E-state index in [0.717, 1.165) is 11.5 Å². The van der Waals surface area contributed by atoms with Gasteiger partial charge in [-0.1, -0.05) is 24.3 Å². The van der Waals surface area contributed by atoms with E-state index >= 15 is 0 Å². The first kappa shape index (κ1) is 14.4. The summed E-state index contributed by atoms with van der Waals surface area (Å²) in [5.41, 5.74) is 2.36. The molecule has 2 aromatic carbocycles. The Kier molecular flexibility index (Phi) is 4.67. The molecule has 0 N–H and O–H groups in total. The first-order valence-electron chi connectivity index (χ1n) is 7.08. The molecule has 0 aromatic heterocycles. The smallest absolute Gasteiger partial charge is 0.119 e. The van der Waals surface area contributed by atoms with Crippen LogP contribution in [0.4, 0.5) is 0 Å². The molecule has 0 bridgehead atoms.